The first-order valence-corrected chi connectivity index (χ1v) is 10.9. The summed E-state index contributed by atoms with van der Waals surface area (Å²) in [6.07, 6.45) is 11.0. The van der Waals surface area contributed by atoms with Crippen LogP contribution in [0, 0.1) is 11.3 Å². The molecule has 2 aromatic rings. The van der Waals surface area contributed by atoms with E-state index in [1.54, 1.807) is 10.9 Å². The van der Waals surface area contributed by atoms with E-state index >= 15 is 0 Å². The Hall–Kier alpha value is -1.77. The number of ether oxygens (including phenoxy) is 1. The van der Waals surface area contributed by atoms with Crippen LogP contribution in [0.1, 0.15) is 64.0 Å². The third-order valence-corrected chi connectivity index (χ3v) is 7.05. The SMILES string of the molecule is O=C(Nc1nc(Cl)nc2c1ncn2C1CCC(CO)O1)C1CC2(CCCCC2)C1. The zero-order chi connectivity index (χ0) is 20.0. The van der Waals surface area contributed by atoms with E-state index in [2.05, 4.69) is 20.3 Å². The number of fused-ring (bicyclic) bond motifs is 1. The van der Waals surface area contributed by atoms with Crippen LogP contribution < -0.4 is 5.32 Å². The molecule has 156 valence electrons. The van der Waals surface area contributed by atoms with E-state index in [0.29, 0.717) is 22.4 Å². The van der Waals surface area contributed by atoms with Crippen molar-refractivity contribution >= 4 is 34.5 Å². The van der Waals surface area contributed by atoms with Crippen LogP contribution in [-0.2, 0) is 9.53 Å². The van der Waals surface area contributed by atoms with Gasteiger partial charge in [-0.1, -0.05) is 19.3 Å². The number of rotatable bonds is 4. The minimum atomic E-state index is -0.260. The zero-order valence-corrected chi connectivity index (χ0v) is 17.1. The molecule has 3 aliphatic rings. The zero-order valence-electron chi connectivity index (χ0n) is 16.3. The molecule has 5 rings (SSSR count). The van der Waals surface area contributed by atoms with Gasteiger partial charge in [0.15, 0.2) is 17.0 Å². The van der Waals surface area contributed by atoms with E-state index < -0.39 is 0 Å². The van der Waals surface area contributed by atoms with Gasteiger partial charge in [-0.05, 0) is 55.5 Å². The quantitative estimate of drug-likeness (QED) is 0.736. The molecule has 2 aromatic heterocycles. The van der Waals surface area contributed by atoms with Crippen LogP contribution >= 0.6 is 11.6 Å². The first-order valence-electron chi connectivity index (χ1n) is 10.5. The Morgan fingerprint density at radius 3 is 2.79 bits per heavy atom. The van der Waals surface area contributed by atoms with E-state index in [9.17, 15) is 9.90 Å². The largest absolute Gasteiger partial charge is 0.394 e. The Morgan fingerprint density at radius 2 is 2.07 bits per heavy atom. The van der Waals surface area contributed by atoms with Crippen LogP contribution in [0.3, 0.4) is 0 Å². The van der Waals surface area contributed by atoms with Crippen molar-refractivity contribution in [2.45, 2.75) is 70.1 Å². The number of hydrogen-bond acceptors (Lipinski definition) is 6. The van der Waals surface area contributed by atoms with Crippen LogP contribution in [0.4, 0.5) is 5.82 Å². The number of carbonyl (C=O) groups excluding carboxylic acids is 1. The smallest absolute Gasteiger partial charge is 0.228 e. The molecule has 9 heteroatoms. The lowest BCUT2D eigenvalue weighted by Gasteiger charge is -2.49. The Morgan fingerprint density at radius 1 is 1.28 bits per heavy atom. The molecule has 0 radical (unpaired) electrons. The van der Waals surface area contributed by atoms with Crippen LogP contribution in [0.25, 0.3) is 11.2 Å². The molecule has 0 aromatic carbocycles. The molecule has 8 nitrogen and oxygen atoms in total. The summed E-state index contributed by atoms with van der Waals surface area (Å²) in [7, 11) is 0. The van der Waals surface area contributed by atoms with E-state index in [0.717, 1.165) is 25.7 Å². The fourth-order valence-electron chi connectivity index (χ4n) is 5.31. The molecule has 2 saturated carbocycles. The van der Waals surface area contributed by atoms with Gasteiger partial charge in [0.05, 0.1) is 19.0 Å². The van der Waals surface area contributed by atoms with Crippen molar-refractivity contribution in [3.05, 3.63) is 11.6 Å². The molecular formula is C20H26ClN5O3. The highest BCUT2D eigenvalue weighted by molar-refractivity contribution is 6.28. The maximum absolute atomic E-state index is 12.8. The standard InChI is InChI=1S/C20H26ClN5O3/c21-19-24-16(23-18(28)12-8-20(9-12)6-2-1-3-7-20)15-17(25-19)26(11-22-15)14-5-4-13(10-27)29-14/h11-14,27H,1-10H2,(H,23,24,25,28). The summed E-state index contributed by atoms with van der Waals surface area (Å²) in [6.45, 7) is -0.0109. The molecule has 2 aliphatic carbocycles. The summed E-state index contributed by atoms with van der Waals surface area (Å²) in [5.41, 5.74) is 1.43. The van der Waals surface area contributed by atoms with Gasteiger partial charge >= 0.3 is 0 Å². The minimum Gasteiger partial charge on any atom is -0.394 e. The molecule has 1 spiro atoms. The lowest BCUT2D eigenvalue weighted by molar-refractivity contribution is -0.128. The Balaban J connectivity index is 1.33. The summed E-state index contributed by atoms with van der Waals surface area (Å²) >= 11 is 6.15. The highest BCUT2D eigenvalue weighted by Crippen LogP contribution is 2.55. The maximum Gasteiger partial charge on any atom is 0.228 e. The van der Waals surface area contributed by atoms with Gasteiger partial charge in [0.2, 0.25) is 11.2 Å². The predicted octanol–water partition coefficient (Wildman–Crippen LogP) is 3.45. The lowest BCUT2D eigenvalue weighted by Crippen LogP contribution is -2.44. The van der Waals surface area contributed by atoms with Crippen molar-refractivity contribution in [3.63, 3.8) is 0 Å². The lowest BCUT2D eigenvalue weighted by atomic mass is 9.55. The Bertz CT molecular complexity index is 918. The van der Waals surface area contributed by atoms with Gasteiger partial charge in [-0.2, -0.15) is 9.97 Å². The van der Waals surface area contributed by atoms with Crippen molar-refractivity contribution < 1.29 is 14.6 Å². The first kappa shape index (κ1) is 19.2. The normalized spacial score (nSPS) is 26.7. The van der Waals surface area contributed by atoms with Crippen molar-refractivity contribution in [1.82, 2.24) is 19.5 Å². The number of imidazole rings is 1. The van der Waals surface area contributed by atoms with Crippen molar-refractivity contribution in [2.24, 2.45) is 11.3 Å². The van der Waals surface area contributed by atoms with Crippen molar-refractivity contribution in [1.29, 1.82) is 0 Å². The summed E-state index contributed by atoms with van der Waals surface area (Å²) in [5.74, 6) is 0.372. The van der Waals surface area contributed by atoms with Gasteiger partial charge in [0, 0.05) is 5.92 Å². The van der Waals surface area contributed by atoms with E-state index in [4.69, 9.17) is 16.3 Å². The molecule has 29 heavy (non-hydrogen) atoms. The van der Waals surface area contributed by atoms with Crippen molar-refractivity contribution in [3.8, 4) is 0 Å². The highest BCUT2D eigenvalue weighted by atomic mass is 35.5. The molecule has 3 heterocycles. The number of nitrogens with one attached hydrogen (secondary N) is 1. The minimum absolute atomic E-state index is 0.00993. The third kappa shape index (κ3) is 3.51. The number of carbonyl (C=O) groups is 1. The number of aliphatic hydroxyl groups is 1. The first-order chi connectivity index (χ1) is 14.1. The molecule has 0 bridgehead atoms. The second kappa shape index (κ2) is 7.49. The van der Waals surface area contributed by atoms with E-state index in [-0.39, 0.29) is 36.0 Å². The van der Waals surface area contributed by atoms with Crippen LogP contribution in [0.5, 0.6) is 0 Å². The fourth-order valence-corrected chi connectivity index (χ4v) is 5.48. The number of halogens is 1. The van der Waals surface area contributed by atoms with Gasteiger partial charge in [0.1, 0.15) is 6.23 Å². The van der Waals surface area contributed by atoms with Crippen LogP contribution in [0.15, 0.2) is 6.33 Å². The summed E-state index contributed by atoms with van der Waals surface area (Å²) in [4.78, 5) is 25.8. The molecule has 1 aliphatic heterocycles. The van der Waals surface area contributed by atoms with Crippen molar-refractivity contribution in [2.75, 3.05) is 11.9 Å². The molecule has 3 fully saturated rings. The monoisotopic (exact) mass is 419 g/mol. The molecule has 2 atom stereocenters. The van der Waals surface area contributed by atoms with Gasteiger partial charge in [-0.3, -0.25) is 9.36 Å². The second-order valence-electron chi connectivity index (χ2n) is 8.79. The topological polar surface area (TPSA) is 102 Å². The second-order valence-corrected chi connectivity index (χ2v) is 9.13. The van der Waals surface area contributed by atoms with E-state index in [1.165, 1.54) is 32.1 Å². The van der Waals surface area contributed by atoms with Gasteiger partial charge in [0.25, 0.3) is 0 Å². The molecule has 2 N–H and O–H groups in total. The number of hydrogen-bond donors (Lipinski definition) is 2. The predicted molar refractivity (Wildman–Crippen MR) is 107 cm³/mol. The Labute approximate surface area is 174 Å². The highest BCUT2D eigenvalue weighted by Gasteiger charge is 2.47. The van der Waals surface area contributed by atoms with Crippen LogP contribution in [0.2, 0.25) is 5.28 Å². The molecule has 1 saturated heterocycles. The molecule has 1 amide bonds. The number of anilines is 1. The fraction of sp³-hybridized carbons (Fsp3) is 0.700. The molecule has 2 unspecified atom stereocenters. The number of amides is 1. The number of aliphatic hydroxyl groups excluding tert-OH is 1. The average molecular weight is 420 g/mol. The number of aromatic nitrogens is 4. The third-order valence-electron chi connectivity index (χ3n) is 6.88. The van der Waals surface area contributed by atoms with Gasteiger partial charge < -0.3 is 15.2 Å². The average Bonchev–Trinajstić information content (AvgIpc) is 3.33. The summed E-state index contributed by atoms with van der Waals surface area (Å²) in [6, 6.07) is 0. The van der Waals surface area contributed by atoms with Gasteiger partial charge in [-0.15, -0.1) is 0 Å². The number of nitrogens with zero attached hydrogens (tertiary/aromatic N) is 4. The maximum atomic E-state index is 12.8. The Kier molecular flexibility index (Phi) is 4.96. The summed E-state index contributed by atoms with van der Waals surface area (Å²) < 4.78 is 7.63. The van der Waals surface area contributed by atoms with Gasteiger partial charge in [-0.25, -0.2) is 4.98 Å². The molecular weight excluding hydrogens is 394 g/mol. The van der Waals surface area contributed by atoms with Crippen LogP contribution in [-0.4, -0.2) is 43.2 Å². The van der Waals surface area contributed by atoms with E-state index in [1.807, 2.05) is 0 Å². The summed E-state index contributed by atoms with van der Waals surface area (Å²) in [5, 5.41) is 12.3.